The average Bonchev–Trinajstić information content (AvgIpc) is 3.78. The average molecular weight is 851 g/mol. The summed E-state index contributed by atoms with van der Waals surface area (Å²) in [5, 5.41) is 19.6. The van der Waals surface area contributed by atoms with Crippen molar-refractivity contribution in [2.75, 3.05) is 42.1 Å². The number of nitrogens with zero attached hydrogens (tertiary/aromatic N) is 8. The zero-order chi connectivity index (χ0) is 42.5. The van der Waals surface area contributed by atoms with Crippen LogP contribution in [0.15, 0.2) is 48.8 Å². The smallest absolute Gasteiger partial charge is 0.410 e. The van der Waals surface area contributed by atoms with Gasteiger partial charge in [0.25, 0.3) is 0 Å². The van der Waals surface area contributed by atoms with Gasteiger partial charge >= 0.3 is 12.2 Å². The van der Waals surface area contributed by atoms with Crippen LogP contribution in [0.4, 0.5) is 32.7 Å². The fourth-order valence-electron chi connectivity index (χ4n) is 6.56. The van der Waals surface area contributed by atoms with Crippen LogP contribution in [0, 0.1) is 0 Å². The highest BCUT2D eigenvalue weighted by Gasteiger charge is 2.29. The fraction of sp³-hybridized carbons (Fsp3) is 0.450. The molecule has 1 aromatic carbocycles. The van der Waals surface area contributed by atoms with Crippen LogP contribution in [-0.4, -0.2) is 113 Å². The van der Waals surface area contributed by atoms with Gasteiger partial charge in [0.15, 0.2) is 23.9 Å². The first-order valence-electron chi connectivity index (χ1n) is 19.3. The van der Waals surface area contributed by atoms with Crippen molar-refractivity contribution in [2.45, 2.75) is 90.5 Å². The van der Waals surface area contributed by atoms with Crippen LogP contribution in [0.2, 0.25) is 10.2 Å². The number of fused-ring (bicyclic) bond motifs is 2. The number of carbonyl (C=O) groups is 4. The molecule has 3 N–H and O–H groups in total. The molecule has 59 heavy (non-hydrogen) atoms. The number of anilines is 4. The van der Waals surface area contributed by atoms with Gasteiger partial charge in [-0.3, -0.25) is 9.59 Å². The van der Waals surface area contributed by atoms with E-state index in [0.717, 1.165) is 37.7 Å². The van der Waals surface area contributed by atoms with Gasteiger partial charge in [0.1, 0.15) is 33.8 Å². The molecular formula is C40H49Cl2N11O6. The maximum absolute atomic E-state index is 12.3. The second kappa shape index (κ2) is 18.1. The highest BCUT2D eigenvalue weighted by atomic mass is 35.5. The quantitative estimate of drug-likeness (QED) is 0.102. The molecule has 17 nitrogen and oxygen atoms in total. The Morgan fingerprint density at radius 3 is 1.64 bits per heavy atom. The first-order valence-corrected chi connectivity index (χ1v) is 20.1. The predicted molar refractivity (Wildman–Crippen MR) is 225 cm³/mol. The van der Waals surface area contributed by atoms with E-state index in [2.05, 4.69) is 36.1 Å². The molecule has 0 bridgehead atoms. The minimum atomic E-state index is -0.516. The highest BCUT2D eigenvalue weighted by Crippen LogP contribution is 2.26. The molecule has 0 aliphatic carbocycles. The Hall–Kier alpha value is -5.68. The maximum Gasteiger partial charge on any atom is 0.410 e. The molecule has 2 fully saturated rings. The number of likely N-dealkylation sites (tertiary alicyclic amines) is 2. The Morgan fingerprint density at radius 2 is 1.19 bits per heavy atom. The lowest BCUT2D eigenvalue weighted by atomic mass is 10.1. The molecule has 0 saturated carbocycles. The number of rotatable bonds is 8. The molecule has 0 radical (unpaired) electrons. The summed E-state index contributed by atoms with van der Waals surface area (Å²) >= 11 is 12.2. The van der Waals surface area contributed by atoms with E-state index < -0.39 is 11.2 Å². The van der Waals surface area contributed by atoms with Gasteiger partial charge in [0, 0.05) is 61.1 Å². The Balaban J connectivity index is 0.000000204. The van der Waals surface area contributed by atoms with Crippen molar-refractivity contribution in [1.29, 1.82) is 0 Å². The van der Waals surface area contributed by atoms with Crippen molar-refractivity contribution in [3.05, 3.63) is 70.1 Å². The van der Waals surface area contributed by atoms with Crippen molar-refractivity contribution in [3.63, 3.8) is 0 Å². The van der Waals surface area contributed by atoms with E-state index in [1.807, 2.05) is 59.7 Å². The molecule has 2 aliphatic heterocycles. The number of piperidine rings is 2. The first-order chi connectivity index (χ1) is 28.0. The van der Waals surface area contributed by atoms with Crippen molar-refractivity contribution < 1.29 is 28.7 Å². The summed E-state index contributed by atoms with van der Waals surface area (Å²) in [7, 11) is 0. The summed E-state index contributed by atoms with van der Waals surface area (Å²) in [6, 6.07) is 11.1. The Labute approximate surface area is 351 Å². The summed E-state index contributed by atoms with van der Waals surface area (Å²) in [6.45, 7) is 13.5. The number of hydrogen-bond donors (Lipinski definition) is 3. The molecule has 6 heterocycles. The molecule has 314 valence electrons. The van der Waals surface area contributed by atoms with Crippen LogP contribution < -0.4 is 16.0 Å². The first kappa shape index (κ1) is 42.9. The van der Waals surface area contributed by atoms with E-state index >= 15 is 0 Å². The van der Waals surface area contributed by atoms with Crippen LogP contribution in [0.3, 0.4) is 0 Å². The molecule has 4 aromatic heterocycles. The second-order valence-corrected chi connectivity index (χ2v) is 17.1. The van der Waals surface area contributed by atoms with E-state index in [-0.39, 0.29) is 29.4 Å². The Kier molecular flexibility index (Phi) is 13.1. The predicted octanol–water partition coefficient (Wildman–Crippen LogP) is 7.76. The number of halogens is 2. The van der Waals surface area contributed by atoms with Gasteiger partial charge < -0.3 is 35.2 Å². The number of benzene rings is 1. The lowest BCUT2D eigenvalue weighted by Crippen LogP contribution is -2.44. The van der Waals surface area contributed by atoms with E-state index in [0.29, 0.717) is 77.4 Å². The van der Waals surface area contributed by atoms with E-state index in [1.165, 1.54) is 12.4 Å². The fourth-order valence-corrected chi connectivity index (χ4v) is 6.94. The van der Waals surface area contributed by atoms with Gasteiger partial charge in [-0.05, 0) is 85.4 Å². The highest BCUT2D eigenvalue weighted by molar-refractivity contribution is 6.31. The third kappa shape index (κ3) is 11.3. The Bertz CT molecular complexity index is 2300. The number of aldehydes is 2. The van der Waals surface area contributed by atoms with E-state index in [1.54, 1.807) is 37.0 Å². The zero-order valence-corrected chi connectivity index (χ0v) is 35.4. The molecule has 2 amide bonds. The van der Waals surface area contributed by atoms with Gasteiger partial charge in [-0.15, -0.1) is 0 Å². The molecule has 7 rings (SSSR count). The van der Waals surface area contributed by atoms with E-state index in [9.17, 15) is 19.2 Å². The van der Waals surface area contributed by atoms with Crippen molar-refractivity contribution in [1.82, 2.24) is 39.0 Å². The van der Waals surface area contributed by atoms with Crippen LogP contribution in [0.1, 0.15) is 87.9 Å². The normalized spacial score (nSPS) is 15.3. The molecule has 2 aliphatic rings. The third-order valence-corrected chi connectivity index (χ3v) is 9.74. The largest absolute Gasteiger partial charge is 0.444 e. The van der Waals surface area contributed by atoms with Gasteiger partial charge in [0.2, 0.25) is 0 Å². The van der Waals surface area contributed by atoms with E-state index in [4.69, 9.17) is 32.7 Å². The maximum atomic E-state index is 12.3. The molecule has 19 heteroatoms. The number of hydrogen-bond acceptors (Lipinski definition) is 13. The number of aromatic nitrogens is 6. The summed E-state index contributed by atoms with van der Waals surface area (Å²) in [5.74, 6) is 1.93. The SMILES string of the molecule is CC(C)(C)OC(=O)N1CCC(Nc2cc(Cl)nc3c(C=O)cnn23)CC1.CC(C)(C)OC(=O)N1CCC(Nc2cc(Nc3cccc(Cl)c3)nc3c(C=O)cnn23)CC1. The van der Waals surface area contributed by atoms with Crippen LogP contribution in [0.25, 0.3) is 11.3 Å². The van der Waals surface area contributed by atoms with Crippen LogP contribution in [0.5, 0.6) is 0 Å². The standard InChI is InChI=1S/C23H27ClN6O3.C17H22ClN5O3/c1-23(2,3)33-22(32)29-9-7-17(8-10-29)27-20-12-19(26-18-6-4-5-16(24)11-18)28-21-15(14-31)13-25-30(20)21;1-17(2,3)26-16(25)22-6-4-12(5-7-22)20-14-8-13(18)21-15-11(10-24)9-19-23(14)15/h4-6,11-14,17,27H,7-10H2,1-3H3,(H,26,28);8-10,12,20H,4-7H2,1-3H3. The van der Waals surface area contributed by atoms with Gasteiger partial charge in [0.05, 0.1) is 23.5 Å². The summed E-state index contributed by atoms with van der Waals surface area (Å²) in [4.78, 5) is 59.2. The van der Waals surface area contributed by atoms with Crippen molar-refractivity contribution in [2.24, 2.45) is 0 Å². The lowest BCUT2D eigenvalue weighted by Gasteiger charge is -2.34. The molecule has 0 unspecified atom stereocenters. The topological polar surface area (TPSA) is 190 Å². The Morgan fingerprint density at radius 1 is 0.712 bits per heavy atom. The number of amides is 2. The minimum absolute atomic E-state index is 0.122. The monoisotopic (exact) mass is 849 g/mol. The van der Waals surface area contributed by atoms with Gasteiger partial charge in [-0.2, -0.15) is 19.2 Å². The molecule has 0 spiro atoms. The molecule has 5 aromatic rings. The summed E-state index contributed by atoms with van der Waals surface area (Å²) in [6.07, 6.45) is 6.86. The van der Waals surface area contributed by atoms with Crippen LogP contribution >= 0.6 is 23.2 Å². The zero-order valence-electron chi connectivity index (χ0n) is 33.9. The summed E-state index contributed by atoms with van der Waals surface area (Å²) < 4.78 is 14.1. The minimum Gasteiger partial charge on any atom is -0.444 e. The molecule has 0 atom stereocenters. The molecule has 2 saturated heterocycles. The molecular weight excluding hydrogens is 801 g/mol. The van der Waals surface area contributed by atoms with Crippen LogP contribution in [-0.2, 0) is 9.47 Å². The summed E-state index contributed by atoms with van der Waals surface area (Å²) in [5.41, 5.74) is 1.41. The lowest BCUT2D eigenvalue weighted by molar-refractivity contribution is 0.0199. The van der Waals surface area contributed by atoms with Gasteiger partial charge in [-0.25, -0.2) is 19.6 Å². The third-order valence-electron chi connectivity index (χ3n) is 9.32. The number of nitrogens with one attached hydrogen (secondary N) is 3. The van der Waals surface area contributed by atoms with Crippen molar-refractivity contribution >= 4 is 82.4 Å². The van der Waals surface area contributed by atoms with Crippen molar-refractivity contribution in [3.8, 4) is 0 Å². The van der Waals surface area contributed by atoms with Gasteiger partial charge in [-0.1, -0.05) is 29.3 Å². The second-order valence-electron chi connectivity index (χ2n) is 16.3. The number of ether oxygens (including phenoxy) is 2. The number of carbonyl (C=O) groups excluding carboxylic acids is 4.